The number of aliphatic imine (C=N–C) groups is 1. The summed E-state index contributed by atoms with van der Waals surface area (Å²) in [6.07, 6.45) is -2.39. The Kier molecular flexibility index (Phi) is 15.7. The Bertz CT molecular complexity index is 994. The van der Waals surface area contributed by atoms with E-state index in [1.54, 1.807) is 0 Å². The van der Waals surface area contributed by atoms with Crippen molar-refractivity contribution >= 4 is 94.3 Å². The van der Waals surface area contributed by atoms with Gasteiger partial charge >= 0.3 is 36.4 Å². The van der Waals surface area contributed by atoms with Crippen molar-refractivity contribution in [2.75, 3.05) is 5.75 Å². The minimum Gasteiger partial charge on any atom is -0.550 e. The zero-order valence-electron chi connectivity index (χ0n) is 17.1. The van der Waals surface area contributed by atoms with Crippen LogP contribution in [0.15, 0.2) is 14.8 Å². The maximum Gasteiger partial charge on any atom is 3.00 e. The second-order valence-electron chi connectivity index (χ2n) is 5.97. The molecule has 1 rings (SSSR count). The molecule has 0 atom stereocenters. The SMILES string of the molecule is NC(N)=Nc1nc(CSCC/C(N)=N\S(N)(=O)=O)cs1.O=C([O-])CC(O)(CC(=O)[O-])C(=O)[O-].[Bi+3]. The third kappa shape index (κ3) is 16.5. The second kappa shape index (κ2) is 15.7. The molecular weight excluding hydrogens is 715 g/mol. The summed E-state index contributed by atoms with van der Waals surface area (Å²) in [5, 5.41) is 46.0. The van der Waals surface area contributed by atoms with E-state index in [0.717, 1.165) is 5.69 Å². The molecule has 0 amide bonds. The number of carboxylic acid groups (broad SMARTS) is 3. The molecule has 0 saturated carbocycles. The summed E-state index contributed by atoms with van der Waals surface area (Å²) in [6.45, 7) is 0. The summed E-state index contributed by atoms with van der Waals surface area (Å²) >= 11 is 2.86. The van der Waals surface area contributed by atoms with Crippen molar-refractivity contribution < 1.29 is 43.2 Å². The van der Waals surface area contributed by atoms with Crippen LogP contribution in [0.4, 0.5) is 5.13 Å². The summed E-state index contributed by atoms with van der Waals surface area (Å²) < 4.78 is 24.5. The average molecular weight is 736 g/mol. The zero-order valence-corrected chi connectivity index (χ0v) is 23.1. The number of aliphatic hydroxyl groups is 1. The number of nitrogens with zero attached hydrogens (tertiary/aromatic N) is 3. The van der Waals surface area contributed by atoms with Crippen LogP contribution in [0.3, 0.4) is 0 Å². The van der Waals surface area contributed by atoms with Gasteiger partial charge < -0.3 is 52.0 Å². The Morgan fingerprint density at radius 3 is 2.09 bits per heavy atom. The van der Waals surface area contributed by atoms with Crippen molar-refractivity contribution in [1.82, 2.24) is 4.98 Å². The molecule has 0 aliphatic rings. The van der Waals surface area contributed by atoms with Crippen molar-refractivity contribution in [2.45, 2.75) is 30.6 Å². The number of aromatic nitrogens is 1. The van der Waals surface area contributed by atoms with Crippen LogP contribution in [0, 0.1) is 0 Å². The Morgan fingerprint density at radius 1 is 1.15 bits per heavy atom. The third-order valence-electron chi connectivity index (χ3n) is 3.01. The van der Waals surface area contributed by atoms with Crippen molar-refractivity contribution in [3.8, 4) is 0 Å². The van der Waals surface area contributed by atoms with Gasteiger partial charge in [0.1, 0.15) is 11.4 Å². The summed E-state index contributed by atoms with van der Waals surface area (Å²) in [5.41, 5.74) is 13.8. The van der Waals surface area contributed by atoms with Gasteiger partial charge in [0.05, 0.1) is 11.7 Å². The molecule has 1 aromatic rings. The van der Waals surface area contributed by atoms with Gasteiger partial charge in [-0.15, -0.1) is 15.7 Å². The maximum atomic E-state index is 10.6. The Hall–Kier alpha value is -2.12. The summed E-state index contributed by atoms with van der Waals surface area (Å²) in [5.74, 6) is -4.80. The number of thiazole rings is 1. The number of nitrogens with two attached hydrogens (primary N) is 4. The van der Waals surface area contributed by atoms with Gasteiger partial charge in [0, 0.05) is 48.1 Å². The van der Waals surface area contributed by atoms with E-state index in [-0.39, 0.29) is 38.0 Å². The molecule has 1 aromatic heterocycles. The van der Waals surface area contributed by atoms with E-state index in [1.807, 2.05) is 5.38 Å². The predicted molar refractivity (Wildman–Crippen MR) is 118 cm³/mol. The van der Waals surface area contributed by atoms with Crippen LogP contribution < -0.4 is 37.7 Å². The van der Waals surface area contributed by atoms with Crippen LogP contribution in [0.5, 0.6) is 0 Å². The molecule has 2 radical (unpaired) electrons. The van der Waals surface area contributed by atoms with Crippen molar-refractivity contribution in [3.63, 3.8) is 0 Å². The Morgan fingerprint density at radius 2 is 1.68 bits per heavy atom. The first kappa shape index (κ1) is 34.1. The molecule has 0 bridgehead atoms. The molecule has 188 valence electrons. The van der Waals surface area contributed by atoms with Gasteiger partial charge in [0.15, 0.2) is 5.96 Å². The zero-order chi connectivity index (χ0) is 25.8. The van der Waals surface area contributed by atoms with Gasteiger partial charge in [-0.05, 0) is 0 Å². The van der Waals surface area contributed by atoms with E-state index in [0.29, 0.717) is 23.1 Å². The van der Waals surface area contributed by atoms with E-state index in [4.69, 9.17) is 27.4 Å². The van der Waals surface area contributed by atoms with Gasteiger partial charge in [-0.1, -0.05) is 0 Å². The molecule has 0 saturated heterocycles. The van der Waals surface area contributed by atoms with Gasteiger partial charge in [-0.3, -0.25) is 0 Å². The fourth-order valence-corrected chi connectivity index (χ4v) is 3.86. The quantitative estimate of drug-likeness (QED) is 0.0577. The average Bonchev–Trinajstić information content (AvgIpc) is 3.02. The van der Waals surface area contributed by atoms with Gasteiger partial charge in [-0.25, -0.2) is 10.1 Å². The Balaban J connectivity index is 0. The summed E-state index contributed by atoms with van der Waals surface area (Å²) in [7, 11) is -3.92. The second-order valence-corrected chi connectivity index (χ2v) is 9.13. The van der Waals surface area contributed by atoms with Crippen LogP contribution >= 0.6 is 23.1 Å². The van der Waals surface area contributed by atoms with Crippen LogP contribution in [0.2, 0.25) is 0 Å². The number of aliphatic carboxylic acids is 3. The molecule has 0 unspecified atom stereocenters. The minimum absolute atomic E-state index is 0. The standard InChI is InChI=1S/C8H15N7O2S3.C6H8O7.Bi/c9-6(15-20(12,16)17)1-2-18-3-5-4-19-8(13-5)14-7(10)11;7-3(8)1-6(13,5(11)12)2-4(9)10;/h4H,1-3H2,(H2,9,15)(H2,12,16,17)(H4,10,11,13,14);13H,1-2H2,(H,7,8)(H,9,10)(H,11,12);/q;;+3/p-3. The molecule has 0 spiro atoms. The smallest absolute Gasteiger partial charge is 0.550 e. The fraction of sp³-hybridized carbons (Fsp3) is 0.429. The minimum atomic E-state index is -3.92. The van der Waals surface area contributed by atoms with E-state index in [1.165, 1.54) is 23.1 Å². The first-order chi connectivity index (χ1) is 15.0. The molecule has 0 aliphatic carbocycles. The molecule has 0 aliphatic heterocycles. The summed E-state index contributed by atoms with van der Waals surface area (Å²) in [4.78, 5) is 38.0. The number of carbonyl (C=O) groups is 3. The summed E-state index contributed by atoms with van der Waals surface area (Å²) in [6, 6.07) is 0. The molecule has 0 fully saturated rings. The molecule has 0 aromatic carbocycles. The van der Waals surface area contributed by atoms with Crippen molar-refractivity contribution in [1.29, 1.82) is 0 Å². The fourth-order valence-electron chi connectivity index (χ4n) is 1.77. The van der Waals surface area contributed by atoms with Gasteiger partial charge in [0.2, 0.25) is 5.13 Å². The third-order valence-corrected chi connectivity index (χ3v) is 5.28. The number of thioether (sulfide) groups is 1. The van der Waals surface area contributed by atoms with Crippen LogP contribution in [0.1, 0.15) is 25.0 Å². The molecule has 16 nitrogen and oxygen atoms in total. The number of rotatable bonds is 12. The van der Waals surface area contributed by atoms with E-state index in [2.05, 4.69) is 14.4 Å². The molecule has 20 heteroatoms. The van der Waals surface area contributed by atoms with Gasteiger partial charge in [-0.2, -0.15) is 25.2 Å². The van der Waals surface area contributed by atoms with E-state index < -0.39 is 46.6 Å². The maximum absolute atomic E-state index is 10.6. The molecule has 34 heavy (non-hydrogen) atoms. The number of hydrogen-bond acceptors (Lipinski definition) is 13. The topological polar surface area (TPSA) is 316 Å². The molecule has 1 heterocycles. The largest absolute Gasteiger partial charge is 3.00 e. The number of carbonyl (C=O) groups excluding carboxylic acids is 3. The number of carboxylic acids is 3. The molecular formula is C14H20BiN7O9S3. The number of guanidine groups is 1. The predicted octanol–water partition coefficient (Wildman–Crippen LogP) is -6.40. The monoisotopic (exact) mass is 735 g/mol. The van der Waals surface area contributed by atoms with Crippen LogP contribution in [-0.4, -0.2) is 85.8 Å². The number of hydrogen-bond donors (Lipinski definition) is 5. The normalized spacial score (nSPS) is 11.4. The number of amidine groups is 1. The van der Waals surface area contributed by atoms with Crippen LogP contribution in [0.25, 0.3) is 0 Å². The van der Waals surface area contributed by atoms with Crippen LogP contribution in [-0.2, 0) is 30.3 Å². The van der Waals surface area contributed by atoms with Crippen molar-refractivity contribution in [3.05, 3.63) is 11.1 Å². The molecule has 9 N–H and O–H groups in total. The van der Waals surface area contributed by atoms with Crippen molar-refractivity contribution in [2.24, 2.45) is 31.7 Å². The van der Waals surface area contributed by atoms with E-state index >= 15 is 0 Å². The first-order valence-electron chi connectivity index (χ1n) is 8.36. The first-order valence-corrected chi connectivity index (χ1v) is 11.9. The van der Waals surface area contributed by atoms with E-state index in [9.17, 15) is 38.1 Å². The van der Waals surface area contributed by atoms with Gasteiger partial charge in [0.25, 0.3) is 0 Å². The Labute approximate surface area is 220 Å².